The van der Waals surface area contributed by atoms with Gasteiger partial charge in [-0.15, -0.1) is 5.06 Å². The molecule has 1 aliphatic heterocycles. The molecule has 31 heavy (non-hydrogen) atoms. The van der Waals surface area contributed by atoms with Gasteiger partial charge in [0.15, 0.2) is 11.5 Å². The first-order valence-corrected chi connectivity index (χ1v) is 10.8. The summed E-state index contributed by atoms with van der Waals surface area (Å²) < 4.78 is 5.87. The highest BCUT2D eigenvalue weighted by molar-refractivity contribution is 5.89. The van der Waals surface area contributed by atoms with Gasteiger partial charge in [-0.1, -0.05) is 49.9 Å². The maximum absolute atomic E-state index is 12.6. The fourth-order valence-electron chi connectivity index (χ4n) is 4.56. The van der Waals surface area contributed by atoms with Crippen molar-refractivity contribution in [2.75, 3.05) is 0 Å². The number of benzene rings is 2. The van der Waals surface area contributed by atoms with E-state index in [1.165, 1.54) is 0 Å². The number of phenols is 1. The van der Waals surface area contributed by atoms with Gasteiger partial charge < -0.3 is 14.7 Å². The summed E-state index contributed by atoms with van der Waals surface area (Å²) in [6.07, 6.45) is 3.33. The molecule has 0 aromatic heterocycles. The van der Waals surface area contributed by atoms with Crippen molar-refractivity contribution in [3.05, 3.63) is 65.7 Å². The van der Waals surface area contributed by atoms with Gasteiger partial charge in [0, 0.05) is 24.0 Å². The number of piperidine rings is 1. The zero-order valence-electron chi connectivity index (χ0n) is 19.1. The molecule has 1 N–H and O–H groups in total. The van der Waals surface area contributed by atoms with Crippen LogP contribution in [0, 0.1) is 0 Å². The van der Waals surface area contributed by atoms with Gasteiger partial charge >= 0.3 is 5.97 Å². The Bertz CT molecular complexity index is 931. The van der Waals surface area contributed by atoms with Crippen LogP contribution in [0.1, 0.15) is 68.9 Å². The van der Waals surface area contributed by atoms with Gasteiger partial charge in [0.05, 0.1) is 16.6 Å². The second-order valence-corrected chi connectivity index (χ2v) is 9.36. The minimum absolute atomic E-state index is 0.0959. The molecule has 0 atom stereocenters. The lowest BCUT2D eigenvalue weighted by Crippen LogP contribution is -2.63. The summed E-state index contributed by atoms with van der Waals surface area (Å²) in [4.78, 5) is 19.0. The van der Waals surface area contributed by atoms with Crippen molar-refractivity contribution in [1.82, 2.24) is 5.06 Å². The first-order valence-electron chi connectivity index (χ1n) is 10.8. The van der Waals surface area contributed by atoms with Crippen molar-refractivity contribution in [2.45, 2.75) is 71.1 Å². The number of hydrogen-bond donors (Lipinski definition) is 1. The molecule has 166 valence electrons. The molecule has 0 aliphatic carbocycles. The van der Waals surface area contributed by atoms with E-state index in [9.17, 15) is 9.90 Å². The minimum atomic E-state index is -0.439. The van der Waals surface area contributed by atoms with Crippen LogP contribution in [0.2, 0.25) is 0 Å². The van der Waals surface area contributed by atoms with Crippen molar-refractivity contribution in [3.63, 3.8) is 0 Å². The summed E-state index contributed by atoms with van der Waals surface area (Å²) in [5.74, 6) is 0.246. The first-order chi connectivity index (χ1) is 14.6. The van der Waals surface area contributed by atoms with E-state index in [0.717, 1.165) is 12.0 Å². The molecule has 0 amide bonds. The van der Waals surface area contributed by atoms with E-state index in [1.807, 2.05) is 42.3 Å². The van der Waals surface area contributed by atoms with Gasteiger partial charge in [0.25, 0.3) is 0 Å². The van der Waals surface area contributed by atoms with Gasteiger partial charge in [-0.2, -0.15) is 0 Å². The molecule has 3 rings (SSSR count). The summed E-state index contributed by atoms with van der Waals surface area (Å²) in [5, 5.41) is 12.7. The van der Waals surface area contributed by atoms with E-state index >= 15 is 0 Å². The number of nitrogens with zero attached hydrogens (tertiary/aromatic N) is 1. The van der Waals surface area contributed by atoms with Gasteiger partial charge in [-0.25, -0.2) is 4.79 Å². The average molecular weight is 424 g/mol. The minimum Gasteiger partial charge on any atom is -0.504 e. The molecule has 0 unspecified atom stereocenters. The maximum Gasteiger partial charge on any atom is 0.338 e. The maximum atomic E-state index is 12.6. The van der Waals surface area contributed by atoms with E-state index in [0.29, 0.717) is 29.7 Å². The Morgan fingerprint density at radius 3 is 2.29 bits per heavy atom. The number of rotatable bonds is 6. The van der Waals surface area contributed by atoms with Gasteiger partial charge in [0.2, 0.25) is 0 Å². The summed E-state index contributed by atoms with van der Waals surface area (Å²) in [6.45, 7) is 14.1. The molecule has 0 spiro atoms. The number of carbonyl (C=O) groups is 1. The first kappa shape index (κ1) is 22.9. The second kappa shape index (κ2) is 8.75. The number of carbonyl (C=O) groups excluding carboxylic acids is 1. The SMILES string of the molecule is C=Cc1ccc(CC)c(ON2C(C)(C)CC(OC(=O)c3ccccc3)CC2(C)C)c1O. The average Bonchev–Trinajstić information content (AvgIpc) is 2.71. The van der Waals surface area contributed by atoms with Crippen molar-refractivity contribution in [1.29, 1.82) is 0 Å². The number of hydroxylamine groups is 2. The van der Waals surface area contributed by atoms with Crippen LogP contribution in [0.15, 0.2) is 49.0 Å². The molecule has 2 aromatic rings. The predicted octanol–water partition coefficient (Wildman–Crippen LogP) is 5.77. The van der Waals surface area contributed by atoms with Gasteiger partial charge in [0.1, 0.15) is 6.10 Å². The van der Waals surface area contributed by atoms with Gasteiger partial charge in [-0.3, -0.25) is 0 Å². The fourth-order valence-corrected chi connectivity index (χ4v) is 4.56. The van der Waals surface area contributed by atoms with Crippen molar-refractivity contribution in [2.24, 2.45) is 0 Å². The third-order valence-electron chi connectivity index (χ3n) is 5.86. The number of aromatic hydroxyl groups is 1. The van der Waals surface area contributed by atoms with E-state index in [-0.39, 0.29) is 17.8 Å². The zero-order chi connectivity index (χ0) is 22.8. The molecular formula is C26H33NO4. The Morgan fingerprint density at radius 1 is 1.13 bits per heavy atom. The molecule has 5 heteroatoms. The molecule has 2 aromatic carbocycles. The Hall–Kier alpha value is -2.79. The van der Waals surface area contributed by atoms with Crippen LogP contribution >= 0.6 is 0 Å². The predicted molar refractivity (Wildman–Crippen MR) is 123 cm³/mol. The van der Waals surface area contributed by atoms with E-state index in [1.54, 1.807) is 18.2 Å². The molecule has 1 aliphatic rings. The highest BCUT2D eigenvalue weighted by Gasteiger charge is 2.49. The quantitative estimate of drug-likeness (QED) is 0.598. The van der Waals surface area contributed by atoms with Crippen LogP contribution in [-0.4, -0.2) is 33.3 Å². The monoisotopic (exact) mass is 423 g/mol. The smallest absolute Gasteiger partial charge is 0.338 e. The largest absolute Gasteiger partial charge is 0.504 e. The van der Waals surface area contributed by atoms with Crippen LogP contribution in [0.5, 0.6) is 11.5 Å². The van der Waals surface area contributed by atoms with E-state index in [2.05, 4.69) is 34.3 Å². The lowest BCUT2D eigenvalue weighted by molar-refractivity contribution is -0.235. The third kappa shape index (κ3) is 4.77. The molecule has 0 bridgehead atoms. The van der Waals surface area contributed by atoms with Crippen molar-refractivity contribution < 1.29 is 19.5 Å². The third-order valence-corrected chi connectivity index (χ3v) is 5.86. The Labute approximate surface area is 185 Å². The van der Waals surface area contributed by atoms with Gasteiger partial charge in [-0.05, 0) is 46.2 Å². The number of esters is 1. The Kier molecular flexibility index (Phi) is 6.46. The topological polar surface area (TPSA) is 59.0 Å². The van der Waals surface area contributed by atoms with Crippen LogP contribution < -0.4 is 4.84 Å². The molecule has 1 heterocycles. The summed E-state index contributed by atoms with van der Waals surface area (Å²) >= 11 is 0. The number of phenolic OH excluding ortho intramolecular Hbond substituents is 1. The molecule has 0 radical (unpaired) electrons. The lowest BCUT2D eigenvalue weighted by atomic mass is 9.80. The standard InChI is InChI=1S/C26H33NO4/c1-7-18-14-15-19(8-2)23(22(18)28)31-27-25(3,4)16-21(17-26(27,5)6)30-24(29)20-12-10-9-11-13-20/h7,9-15,21,28H,1,8,16-17H2,2-6H3. The summed E-state index contributed by atoms with van der Waals surface area (Å²) in [5.41, 5.74) is 1.23. The molecule has 1 fully saturated rings. The Balaban J connectivity index is 1.85. The van der Waals surface area contributed by atoms with Crippen LogP contribution in [0.4, 0.5) is 0 Å². The molecule has 0 saturated carbocycles. The van der Waals surface area contributed by atoms with E-state index < -0.39 is 11.1 Å². The van der Waals surface area contributed by atoms with Crippen LogP contribution in [-0.2, 0) is 11.2 Å². The molecular weight excluding hydrogens is 390 g/mol. The van der Waals surface area contributed by atoms with Crippen molar-refractivity contribution >= 4 is 12.0 Å². The number of aryl methyl sites for hydroxylation is 1. The van der Waals surface area contributed by atoms with Crippen LogP contribution in [0.25, 0.3) is 6.08 Å². The summed E-state index contributed by atoms with van der Waals surface area (Å²) in [6, 6.07) is 12.9. The normalized spacial score (nSPS) is 18.4. The number of hydrogen-bond acceptors (Lipinski definition) is 5. The lowest BCUT2D eigenvalue weighted by Gasteiger charge is -2.53. The number of ether oxygens (including phenoxy) is 1. The van der Waals surface area contributed by atoms with Crippen LogP contribution in [0.3, 0.4) is 0 Å². The molecule has 5 nitrogen and oxygen atoms in total. The molecule has 1 saturated heterocycles. The highest BCUT2D eigenvalue weighted by atomic mass is 16.7. The highest BCUT2D eigenvalue weighted by Crippen LogP contribution is 2.43. The van der Waals surface area contributed by atoms with Crippen molar-refractivity contribution in [3.8, 4) is 11.5 Å². The fraction of sp³-hybridized carbons (Fsp3) is 0.423. The Morgan fingerprint density at radius 2 is 1.74 bits per heavy atom. The second-order valence-electron chi connectivity index (χ2n) is 9.36. The van der Waals surface area contributed by atoms with E-state index in [4.69, 9.17) is 9.57 Å². The zero-order valence-corrected chi connectivity index (χ0v) is 19.1. The summed E-state index contributed by atoms with van der Waals surface area (Å²) in [7, 11) is 0.